The monoisotopic (exact) mass is 324 g/mol. The van der Waals surface area contributed by atoms with Gasteiger partial charge < -0.3 is 20.1 Å². The third-order valence-electron chi connectivity index (χ3n) is 3.42. The molecule has 23 heavy (non-hydrogen) atoms. The summed E-state index contributed by atoms with van der Waals surface area (Å²) in [5.41, 5.74) is 0. The second-order valence-electron chi connectivity index (χ2n) is 5.50. The Kier molecular flexibility index (Phi) is 9.51. The lowest BCUT2D eigenvalue weighted by atomic mass is 10.2. The van der Waals surface area contributed by atoms with Crippen LogP contribution in [0.15, 0.2) is 16.9 Å². The number of carbonyl (C=O) groups excluding carboxylic acids is 2. The van der Waals surface area contributed by atoms with Crippen LogP contribution in [0.3, 0.4) is 0 Å². The normalized spacial score (nSPS) is 10.3. The van der Waals surface area contributed by atoms with Gasteiger partial charge in [-0.05, 0) is 12.8 Å². The number of unbranched alkanes of at least 4 members (excludes halogenated alkanes) is 4. The molecule has 0 saturated carbocycles. The van der Waals surface area contributed by atoms with Gasteiger partial charge in [-0.1, -0.05) is 44.7 Å². The van der Waals surface area contributed by atoms with Gasteiger partial charge in [-0.15, -0.1) is 0 Å². The molecule has 3 amide bonds. The van der Waals surface area contributed by atoms with E-state index in [-0.39, 0.29) is 18.5 Å². The SMILES string of the molecule is CCCCCCN(CC(=O)Nc1ccon1)C(=O)NCCCC. The first-order chi connectivity index (χ1) is 11.2. The van der Waals surface area contributed by atoms with Crippen molar-refractivity contribution in [1.29, 1.82) is 0 Å². The van der Waals surface area contributed by atoms with Gasteiger partial charge in [0, 0.05) is 19.2 Å². The molecule has 0 bridgehead atoms. The Labute approximate surface area is 137 Å². The zero-order valence-electron chi connectivity index (χ0n) is 14.1. The molecule has 0 saturated heterocycles. The minimum atomic E-state index is -0.278. The van der Waals surface area contributed by atoms with E-state index in [1.165, 1.54) is 6.26 Å². The van der Waals surface area contributed by atoms with Gasteiger partial charge in [0.15, 0.2) is 5.82 Å². The summed E-state index contributed by atoms with van der Waals surface area (Å²) in [4.78, 5) is 25.8. The Hall–Kier alpha value is -2.05. The third-order valence-corrected chi connectivity index (χ3v) is 3.42. The van der Waals surface area contributed by atoms with Crippen molar-refractivity contribution in [2.45, 2.75) is 52.4 Å². The van der Waals surface area contributed by atoms with Crippen molar-refractivity contribution in [3.63, 3.8) is 0 Å². The quantitative estimate of drug-likeness (QED) is 0.613. The molecule has 0 aliphatic rings. The summed E-state index contributed by atoms with van der Waals surface area (Å²) in [6.07, 6.45) is 7.55. The Bertz CT molecular complexity index is 448. The van der Waals surface area contributed by atoms with E-state index in [1.807, 2.05) is 0 Å². The summed E-state index contributed by atoms with van der Waals surface area (Å²) >= 11 is 0. The third kappa shape index (κ3) is 8.23. The summed E-state index contributed by atoms with van der Waals surface area (Å²) in [6.45, 7) is 5.42. The van der Waals surface area contributed by atoms with Crippen LogP contribution in [-0.4, -0.2) is 41.6 Å². The van der Waals surface area contributed by atoms with Crippen molar-refractivity contribution >= 4 is 17.8 Å². The predicted octanol–water partition coefficient (Wildman–Crippen LogP) is 3.01. The minimum Gasteiger partial charge on any atom is -0.363 e. The van der Waals surface area contributed by atoms with E-state index >= 15 is 0 Å². The fraction of sp³-hybridized carbons (Fsp3) is 0.688. The molecule has 1 aromatic rings. The molecule has 1 aromatic heterocycles. The van der Waals surface area contributed by atoms with E-state index in [4.69, 9.17) is 0 Å². The molecular formula is C16H28N4O3. The molecule has 0 spiro atoms. The highest BCUT2D eigenvalue weighted by molar-refractivity contribution is 5.93. The van der Waals surface area contributed by atoms with Crippen LogP contribution in [-0.2, 0) is 4.79 Å². The lowest BCUT2D eigenvalue weighted by molar-refractivity contribution is -0.116. The predicted molar refractivity (Wildman–Crippen MR) is 89.2 cm³/mol. The summed E-state index contributed by atoms with van der Waals surface area (Å²) in [5, 5.41) is 9.10. The fourth-order valence-corrected chi connectivity index (χ4v) is 2.10. The van der Waals surface area contributed by atoms with Gasteiger partial charge in [0.2, 0.25) is 5.91 Å². The van der Waals surface area contributed by atoms with Gasteiger partial charge in [0.05, 0.1) is 0 Å². The van der Waals surface area contributed by atoms with Crippen molar-refractivity contribution in [1.82, 2.24) is 15.4 Å². The van der Waals surface area contributed by atoms with Crippen LogP contribution in [0.5, 0.6) is 0 Å². The van der Waals surface area contributed by atoms with Gasteiger partial charge in [-0.3, -0.25) is 4.79 Å². The van der Waals surface area contributed by atoms with E-state index in [0.29, 0.717) is 18.9 Å². The van der Waals surface area contributed by atoms with E-state index in [2.05, 4.69) is 34.2 Å². The summed E-state index contributed by atoms with van der Waals surface area (Å²) in [7, 11) is 0. The molecular weight excluding hydrogens is 296 g/mol. The first kappa shape index (κ1) is 19.0. The number of urea groups is 1. The van der Waals surface area contributed by atoms with Crippen LogP contribution in [0.1, 0.15) is 52.4 Å². The summed E-state index contributed by atoms with van der Waals surface area (Å²) < 4.78 is 4.67. The maximum Gasteiger partial charge on any atom is 0.317 e. The molecule has 0 radical (unpaired) electrons. The van der Waals surface area contributed by atoms with Crippen LogP contribution < -0.4 is 10.6 Å². The van der Waals surface area contributed by atoms with E-state index < -0.39 is 0 Å². The zero-order valence-corrected chi connectivity index (χ0v) is 14.1. The van der Waals surface area contributed by atoms with Gasteiger partial charge >= 0.3 is 6.03 Å². The van der Waals surface area contributed by atoms with Crippen LogP contribution in [0.25, 0.3) is 0 Å². The maximum atomic E-state index is 12.2. The average Bonchev–Trinajstić information content (AvgIpc) is 3.03. The highest BCUT2D eigenvalue weighted by atomic mass is 16.5. The molecule has 130 valence electrons. The number of hydrogen-bond donors (Lipinski definition) is 2. The largest absolute Gasteiger partial charge is 0.363 e. The van der Waals surface area contributed by atoms with Gasteiger partial charge in [-0.25, -0.2) is 4.79 Å². The lowest BCUT2D eigenvalue weighted by Crippen LogP contribution is -2.44. The zero-order chi connectivity index (χ0) is 16.9. The second kappa shape index (κ2) is 11.5. The Morgan fingerprint density at radius 3 is 2.61 bits per heavy atom. The lowest BCUT2D eigenvalue weighted by Gasteiger charge is -2.22. The highest BCUT2D eigenvalue weighted by Gasteiger charge is 2.17. The van der Waals surface area contributed by atoms with Crippen molar-refractivity contribution in [2.75, 3.05) is 25.0 Å². The number of nitrogens with zero attached hydrogens (tertiary/aromatic N) is 2. The summed E-state index contributed by atoms with van der Waals surface area (Å²) in [5.74, 6) is 0.0763. The Balaban J connectivity index is 2.47. The molecule has 0 aromatic carbocycles. The van der Waals surface area contributed by atoms with Crippen molar-refractivity contribution in [3.8, 4) is 0 Å². The first-order valence-electron chi connectivity index (χ1n) is 8.40. The average molecular weight is 324 g/mol. The van der Waals surface area contributed by atoms with Crippen LogP contribution in [0, 0.1) is 0 Å². The topological polar surface area (TPSA) is 87.5 Å². The molecule has 7 nitrogen and oxygen atoms in total. The standard InChI is InChI=1S/C16H28N4O3/c1-3-5-7-8-11-20(16(22)17-10-6-4-2)13-15(21)18-14-9-12-23-19-14/h9,12H,3-8,10-11,13H2,1-2H3,(H,17,22)(H,18,19,21). The molecule has 0 atom stereocenters. The van der Waals surface area contributed by atoms with E-state index in [9.17, 15) is 9.59 Å². The van der Waals surface area contributed by atoms with E-state index in [0.717, 1.165) is 38.5 Å². The fourth-order valence-electron chi connectivity index (χ4n) is 2.10. The smallest absolute Gasteiger partial charge is 0.317 e. The molecule has 1 rings (SSSR count). The molecule has 0 fully saturated rings. The molecule has 0 aliphatic heterocycles. The van der Waals surface area contributed by atoms with Gasteiger partial charge in [-0.2, -0.15) is 0 Å². The number of nitrogens with one attached hydrogen (secondary N) is 2. The number of rotatable bonds is 11. The van der Waals surface area contributed by atoms with Gasteiger partial charge in [0.1, 0.15) is 12.8 Å². The van der Waals surface area contributed by atoms with E-state index in [1.54, 1.807) is 11.0 Å². The van der Waals surface area contributed by atoms with Gasteiger partial charge in [0.25, 0.3) is 0 Å². The number of amides is 3. The molecule has 1 heterocycles. The minimum absolute atomic E-state index is 0.0109. The molecule has 7 heteroatoms. The molecule has 2 N–H and O–H groups in total. The summed E-state index contributed by atoms with van der Waals surface area (Å²) in [6, 6.07) is 1.37. The van der Waals surface area contributed by atoms with Crippen molar-refractivity contribution in [2.24, 2.45) is 0 Å². The highest BCUT2D eigenvalue weighted by Crippen LogP contribution is 2.04. The Morgan fingerprint density at radius 1 is 1.17 bits per heavy atom. The number of anilines is 1. The second-order valence-corrected chi connectivity index (χ2v) is 5.50. The first-order valence-corrected chi connectivity index (χ1v) is 8.40. The van der Waals surface area contributed by atoms with Crippen LogP contribution in [0.4, 0.5) is 10.6 Å². The molecule has 0 unspecified atom stereocenters. The number of hydrogen-bond acceptors (Lipinski definition) is 4. The van der Waals surface area contributed by atoms with Crippen molar-refractivity contribution < 1.29 is 14.1 Å². The van der Waals surface area contributed by atoms with Crippen LogP contribution >= 0.6 is 0 Å². The van der Waals surface area contributed by atoms with Crippen LogP contribution in [0.2, 0.25) is 0 Å². The Morgan fingerprint density at radius 2 is 1.96 bits per heavy atom. The maximum absolute atomic E-state index is 12.2. The number of aromatic nitrogens is 1. The van der Waals surface area contributed by atoms with Crippen molar-refractivity contribution in [3.05, 3.63) is 12.3 Å². The number of carbonyl (C=O) groups is 2. The molecule has 0 aliphatic carbocycles.